The zero-order valence-corrected chi connectivity index (χ0v) is 14.8. The molecule has 1 atom stereocenters. The van der Waals surface area contributed by atoms with Gasteiger partial charge < -0.3 is 14.8 Å². The molecule has 0 aliphatic rings. The number of imidazole rings is 1. The molecule has 0 saturated heterocycles. The van der Waals surface area contributed by atoms with Gasteiger partial charge in [-0.2, -0.15) is 0 Å². The molecule has 2 heterocycles. The predicted octanol–water partition coefficient (Wildman–Crippen LogP) is 4.83. The van der Waals surface area contributed by atoms with Gasteiger partial charge in [-0.05, 0) is 42.8 Å². The van der Waals surface area contributed by atoms with Crippen molar-refractivity contribution < 1.29 is 18.3 Å². The fourth-order valence-corrected chi connectivity index (χ4v) is 2.95. The van der Waals surface area contributed by atoms with E-state index in [0.717, 1.165) is 34.6 Å². The summed E-state index contributed by atoms with van der Waals surface area (Å²) in [6.45, 7) is 2.00. The van der Waals surface area contributed by atoms with Gasteiger partial charge in [0.1, 0.15) is 5.65 Å². The molecule has 4 rings (SSSR count). The van der Waals surface area contributed by atoms with Crippen LogP contribution in [0.1, 0.15) is 17.4 Å². The van der Waals surface area contributed by atoms with Crippen LogP contribution in [0.2, 0.25) is 0 Å². The van der Waals surface area contributed by atoms with E-state index in [4.69, 9.17) is 0 Å². The monoisotopic (exact) mass is 383 g/mol. The normalized spacial score (nSPS) is 12.3. The SMILES string of the molecule is Cc1ccc2nc(-c3ccc(NC(O)c4cc(F)c(F)c(F)c4)cc3)cn2c1. The molecular weight excluding hydrogens is 367 g/mol. The summed E-state index contributed by atoms with van der Waals surface area (Å²) in [6.07, 6.45) is 2.51. The number of hydrogen-bond donors (Lipinski definition) is 2. The summed E-state index contributed by atoms with van der Waals surface area (Å²) in [4.78, 5) is 4.56. The summed E-state index contributed by atoms with van der Waals surface area (Å²) < 4.78 is 41.6. The lowest BCUT2D eigenvalue weighted by Crippen LogP contribution is -2.11. The van der Waals surface area contributed by atoms with Gasteiger partial charge >= 0.3 is 0 Å². The molecule has 0 saturated carbocycles. The quantitative estimate of drug-likeness (QED) is 0.392. The van der Waals surface area contributed by atoms with Crippen molar-refractivity contribution in [2.75, 3.05) is 5.32 Å². The lowest BCUT2D eigenvalue weighted by molar-refractivity contribution is 0.206. The first-order valence-corrected chi connectivity index (χ1v) is 8.55. The molecule has 7 heteroatoms. The number of rotatable bonds is 4. The first-order chi connectivity index (χ1) is 13.4. The van der Waals surface area contributed by atoms with Crippen molar-refractivity contribution in [3.63, 3.8) is 0 Å². The van der Waals surface area contributed by atoms with Gasteiger partial charge in [0.05, 0.1) is 5.69 Å². The van der Waals surface area contributed by atoms with E-state index in [0.29, 0.717) is 5.69 Å². The minimum Gasteiger partial charge on any atom is -0.369 e. The van der Waals surface area contributed by atoms with Gasteiger partial charge in [0, 0.05) is 29.2 Å². The number of aliphatic hydroxyl groups is 1. The minimum absolute atomic E-state index is 0.115. The van der Waals surface area contributed by atoms with Gasteiger partial charge in [-0.1, -0.05) is 18.2 Å². The van der Waals surface area contributed by atoms with Crippen molar-refractivity contribution in [1.29, 1.82) is 0 Å². The first-order valence-electron chi connectivity index (χ1n) is 8.55. The summed E-state index contributed by atoms with van der Waals surface area (Å²) in [5, 5.41) is 12.9. The molecule has 1 unspecified atom stereocenters. The number of halogens is 3. The summed E-state index contributed by atoms with van der Waals surface area (Å²) in [7, 11) is 0. The van der Waals surface area contributed by atoms with Crippen LogP contribution in [0.5, 0.6) is 0 Å². The highest BCUT2D eigenvalue weighted by molar-refractivity contribution is 5.65. The maximum absolute atomic E-state index is 13.3. The number of aryl methyl sites for hydroxylation is 1. The molecule has 2 aromatic carbocycles. The van der Waals surface area contributed by atoms with Crippen LogP contribution in [0.3, 0.4) is 0 Å². The van der Waals surface area contributed by atoms with Gasteiger partial charge in [0.15, 0.2) is 23.7 Å². The molecule has 0 spiro atoms. The second kappa shape index (κ2) is 7.01. The molecule has 0 aliphatic heterocycles. The van der Waals surface area contributed by atoms with E-state index < -0.39 is 23.7 Å². The Morgan fingerprint density at radius 2 is 1.64 bits per heavy atom. The highest BCUT2D eigenvalue weighted by Gasteiger charge is 2.15. The van der Waals surface area contributed by atoms with Crippen LogP contribution in [0.15, 0.2) is 60.9 Å². The summed E-state index contributed by atoms with van der Waals surface area (Å²) in [5.74, 6) is -4.27. The van der Waals surface area contributed by atoms with Crippen molar-refractivity contribution in [1.82, 2.24) is 9.38 Å². The maximum Gasteiger partial charge on any atom is 0.194 e. The van der Waals surface area contributed by atoms with E-state index in [2.05, 4.69) is 10.3 Å². The van der Waals surface area contributed by atoms with E-state index in [1.54, 1.807) is 12.1 Å². The number of pyridine rings is 1. The average molecular weight is 383 g/mol. The van der Waals surface area contributed by atoms with Crippen LogP contribution >= 0.6 is 0 Å². The van der Waals surface area contributed by atoms with Gasteiger partial charge in [-0.25, -0.2) is 18.2 Å². The number of hydrogen-bond acceptors (Lipinski definition) is 3. The summed E-state index contributed by atoms with van der Waals surface area (Å²) in [6, 6.07) is 12.5. The second-order valence-corrected chi connectivity index (χ2v) is 6.52. The molecule has 0 fully saturated rings. The van der Waals surface area contributed by atoms with Crippen molar-refractivity contribution in [3.05, 3.63) is 89.5 Å². The van der Waals surface area contributed by atoms with Crippen molar-refractivity contribution in [2.45, 2.75) is 13.2 Å². The molecule has 2 aromatic heterocycles. The Kier molecular flexibility index (Phi) is 4.52. The molecular formula is C21H16F3N3O. The van der Waals surface area contributed by atoms with Crippen molar-refractivity contribution in [2.24, 2.45) is 0 Å². The molecule has 4 aromatic rings. The van der Waals surface area contributed by atoms with E-state index in [1.165, 1.54) is 0 Å². The van der Waals surface area contributed by atoms with Crippen LogP contribution in [0, 0.1) is 24.4 Å². The highest BCUT2D eigenvalue weighted by Crippen LogP contribution is 2.25. The molecule has 4 nitrogen and oxygen atoms in total. The van der Waals surface area contributed by atoms with Gasteiger partial charge in [-0.15, -0.1) is 0 Å². The van der Waals surface area contributed by atoms with Gasteiger partial charge in [0.2, 0.25) is 0 Å². The molecule has 0 radical (unpaired) electrons. The third-order valence-corrected chi connectivity index (χ3v) is 4.40. The number of aromatic nitrogens is 2. The number of anilines is 1. The molecule has 0 amide bonds. The fraction of sp³-hybridized carbons (Fsp3) is 0.0952. The summed E-state index contributed by atoms with van der Waals surface area (Å²) >= 11 is 0. The second-order valence-electron chi connectivity index (χ2n) is 6.52. The van der Waals surface area contributed by atoms with E-state index in [9.17, 15) is 18.3 Å². The van der Waals surface area contributed by atoms with E-state index >= 15 is 0 Å². The number of benzene rings is 2. The minimum atomic E-state index is -1.57. The van der Waals surface area contributed by atoms with Crippen LogP contribution in [0.25, 0.3) is 16.9 Å². The molecule has 0 aliphatic carbocycles. The maximum atomic E-state index is 13.3. The Balaban J connectivity index is 1.54. The van der Waals surface area contributed by atoms with Gasteiger partial charge in [0.25, 0.3) is 0 Å². The Morgan fingerprint density at radius 3 is 2.32 bits per heavy atom. The summed E-state index contributed by atoms with van der Waals surface area (Å²) in [5.41, 5.74) is 4.04. The molecule has 2 N–H and O–H groups in total. The Morgan fingerprint density at radius 1 is 0.964 bits per heavy atom. The average Bonchev–Trinajstić information content (AvgIpc) is 3.09. The first kappa shape index (κ1) is 18.1. The van der Waals surface area contributed by atoms with Crippen LogP contribution in [0.4, 0.5) is 18.9 Å². The predicted molar refractivity (Wildman–Crippen MR) is 100 cm³/mol. The Bertz CT molecular complexity index is 1130. The number of nitrogens with one attached hydrogen (secondary N) is 1. The topological polar surface area (TPSA) is 49.6 Å². The third kappa shape index (κ3) is 3.44. The number of fused-ring (bicyclic) bond motifs is 1. The van der Waals surface area contributed by atoms with Crippen LogP contribution < -0.4 is 5.32 Å². The van der Waals surface area contributed by atoms with E-state index in [-0.39, 0.29) is 5.56 Å². The molecule has 28 heavy (non-hydrogen) atoms. The number of nitrogens with zero attached hydrogens (tertiary/aromatic N) is 2. The number of aliphatic hydroxyl groups excluding tert-OH is 1. The van der Waals surface area contributed by atoms with Crippen molar-refractivity contribution in [3.8, 4) is 11.3 Å². The van der Waals surface area contributed by atoms with E-state index in [1.807, 2.05) is 48.0 Å². The smallest absolute Gasteiger partial charge is 0.194 e. The van der Waals surface area contributed by atoms with Crippen LogP contribution in [-0.4, -0.2) is 14.5 Å². The lowest BCUT2D eigenvalue weighted by atomic mass is 10.1. The molecule has 0 bridgehead atoms. The standard InChI is InChI=1S/C21H16F3N3O/c1-12-2-7-19-26-18(11-27(19)10-12)13-3-5-15(6-4-13)25-21(28)14-8-16(22)20(24)17(23)9-14/h2-11,21,25,28H,1H3. The largest absolute Gasteiger partial charge is 0.369 e. The fourth-order valence-electron chi connectivity index (χ4n) is 2.95. The van der Waals surface area contributed by atoms with Gasteiger partial charge in [-0.3, -0.25) is 0 Å². The lowest BCUT2D eigenvalue weighted by Gasteiger charge is -2.15. The molecule has 142 valence electrons. The van der Waals surface area contributed by atoms with Crippen LogP contribution in [-0.2, 0) is 0 Å². The van der Waals surface area contributed by atoms with Crippen molar-refractivity contribution >= 4 is 11.3 Å². The zero-order chi connectivity index (χ0) is 19.8. The zero-order valence-electron chi connectivity index (χ0n) is 14.8. The Labute approximate surface area is 158 Å². The Hall–Kier alpha value is -3.32. The highest BCUT2D eigenvalue weighted by atomic mass is 19.2. The third-order valence-electron chi connectivity index (χ3n) is 4.40.